The molecule has 0 aliphatic heterocycles. The lowest BCUT2D eigenvalue weighted by Crippen LogP contribution is -2.13. The molecule has 2 aromatic carbocycles. The van der Waals surface area contributed by atoms with Crippen molar-refractivity contribution < 1.29 is 18.0 Å². The number of rotatable bonds is 4. The molecule has 0 radical (unpaired) electrons. The molecule has 3 heterocycles. The minimum absolute atomic E-state index is 0.0953. The van der Waals surface area contributed by atoms with Crippen molar-refractivity contribution in [3.63, 3.8) is 0 Å². The first-order valence-electron chi connectivity index (χ1n) is 8.99. The van der Waals surface area contributed by atoms with Gasteiger partial charge in [-0.2, -0.15) is 0 Å². The number of anilines is 1. The topological polar surface area (TPSA) is 94.1 Å². The lowest BCUT2D eigenvalue weighted by atomic mass is 10.1. The number of fused-ring (bicyclic) bond motifs is 1. The summed E-state index contributed by atoms with van der Waals surface area (Å²) in [7, 11) is 0. The SMILES string of the molecule is O=C(Nc1ccc2oc(-c3cccnc3)nc2c1)c1ncoc1-c1ccc(F)cc1. The van der Waals surface area contributed by atoms with E-state index in [1.807, 2.05) is 6.07 Å². The Morgan fingerprint density at radius 3 is 2.70 bits per heavy atom. The van der Waals surface area contributed by atoms with Gasteiger partial charge in [-0.05, 0) is 54.6 Å². The number of benzene rings is 2. The maximum Gasteiger partial charge on any atom is 0.278 e. The van der Waals surface area contributed by atoms with Gasteiger partial charge >= 0.3 is 0 Å². The Balaban J connectivity index is 1.42. The minimum atomic E-state index is -0.460. The summed E-state index contributed by atoms with van der Waals surface area (Å²) in [4.78, 5) is 25.3. The van der Waals surface area contributed by atoms with E-state index in [1.165, 1.54) is 30.7 Å². The number of amides is 1. The number of aromatic nitrogens is 3. The second-order valence-electron chi connectivity index (χ2n) is 6.43. The molecule has 0 fully saturated rings. The molecular formula is C22H13FN4O3. The number of carbonyl (C=O) groups is 1. The van der Waals surface area contributed by atoms with Crippen molar-refractivity contribution in [1.82, 2.24) is 15.0 Å². The Labute approximate surface area is 169 Å². The zero-order valence-corrected chi connectivity index (χ0v) is 15.4. The fourth-order valence-corrected chi connectivity index (χ4v) is 3.02. The Morgan fingerprint density at radius 2 is 1.90 bits per heavy atom. The average molecular weight is 400 g/mol. The highest BCUT2D eigenvalue weighted by atomic mass is 19.1. The van der Waals surface area contributed by atoms with Crippen molar-refractivity contribution in [2.24, 2.45) is 0 Å². The number of pyridine rings is 1. The zero-order chi connectivity index (χ0) is 20.5. The molecule has 0 aliphatic rings. The molecule has 0 saturated carbocycles. The fourth-order valence-electron chi connectivity index (χ4n) is 3.02. The van der Waals surface area contributed by atoms with Gasteiger partial charge in [-0.3, -0.25) is 9.78 Å². The summed E-state index contributed by atoms with van der Waals surface area (Å²) in [5.74, 6) is -0.139. The van der Waals surface area contributed by atoms with E-state index >= 15 is 0 Å². The molecule has 0 unspecified atom stereocenters. The van der Waals surface area contributed by atoms with Crippen molar-refractivity contribution >= 4 is 22.7 Å². The van der Waals surface area contributed by atoms with Gasteiger partial charge < -0.3 is 14.2 Å². The van der Waals surface area contributed by atoms with Crippen LogP contribution in [-0.4, -0.2) is 20.9 Å². The molecule has 5 rings (SSSR count). The van der Waals surface area contributed by atoms with Crippen LogP contribution in [0.2, 0.25) is 0 Å². The number of nitrogens with zero attached hydrogens (tertiary/aromatic N) is 3. The average Bonchev–Trinajstić information content (AvgIpc) is 3.42. The summed E-state index contributed by atoms with van der Waals surface area (Å²) in [5.41, 5.74) is 3.09. The third-order valence-electron chi connectivity index (χ3n) is 4.44. The molecule has 146 valence electrons. The van der Waals surface area contributed by atoms with E-state index in [1.54, 1.807) is 36.7 Å². The summed E-state index contributed by atoms with van der Waals surface area (Å²) in [5, 5.41) is 2.78. The van der Waals surface area contributed by atoms with Crippen LogP contribution >= 0.6 is 0 Å². The molecule has 0 atom stereocenters. The Hall–Kier alpha value is -4.33. The number of carbonyl (C=O) groups excluding carboxylic acids is 1. The first-order chi connectivity index (χ1) is 14.7. The van der Waals surface area contributed by atoms with E-state index in [2.05, 4.69) is 20.3 Å². The molecule has 1 amide bonds. The van der Waals surface area contributed by atoms with Gasteiger partial charge in [0.2, 0.25) is 5.89 Å². The van der Waals surface area contributed by atoms with Crippen molar-refractivity contribution in [3.8, 4) is 22.8 Å². The predicted octanol–water partition coefficient (Wildman–Crippen LogP) is 4.94. The van der Waals surface area contributed by atoms with Crippen LogP contribution in [0.5, 0.6) is 0 Å². The summed E-state index contributed by atoms with van der Waals surface area (Å²) in [6.45, 7) is 0. The Kier molecular flexibility index (Phi) is 4.29. The Bertz CT molecular complexity index is 1340. The predicted molar refractivity (Wildman–Crippen MR) is 107 cm³/mol. The molecule has 0 aliphatic carbocycles. The van der Waals surface area contributed by atoms with E-state index in [-0.39, 0.29) is 17.3 Å². The number of hydrogen-bond acceptors (Lipinski definition) is 6. The van der Waals surface area contributed by atoms with E-state index < -0.39 is 5.91 Å². The molecule has 5 aromatic rings. The maximum atomic E-state index is 13.2. The normalized spacial score (nSPS) is 11.0. The first kappa shape index (κ1) is 17.7. The van der Waals surface area contributed by atoms with Crippen molar-refractivity contribution in [2.45, 2.75) is 0 Å². The summed E-state index contributed by atoms with van der Waals surface area (Å²) >= 11 is 0. The highest BCUT2D eigenvalue weighted by molar-refractivity contribution is 6.06. The van der Waals surface area contributed by atoms with Crippen LogP contribution in [0.1, 0.15) is 10.5 Å². The highest BCUT2D eigenvalue weighted by Crippen LogP contribution is 2.27. The van der Waals surface area contributed by atoms with Crippen molar-refractivity contribution in [3.05, 3.63) is 84.9 Å². The van der Waals surface area contributed by atoms with Gasteiger partial charge in [-0.15, -0.1) is 0 Å². The van der Waals surface area contributed by atoms with Gasteiger partial charge in [0.15, 0.2) is 23.4 Å². The van der Waals surface area contributed by atoms with E-state index in [0.29, 0.717) is 28.2 Å². The van der Waals surface area contributed by atoms with Crippen LogP contribution in [0.15, 0.2) is 82.2 Å². The van der Waals surface area contributed by atoms with Gasteiger partial charge in [-0.1, -0.05) is 0 Å². The third kappa shape index (κ3) is 3.30. The van der Waals surface area contributed by atoms with Gasteiger partial charge in [-0.25, -0.2) is 14.4 Å². The van der Waals surface area contributed by atoms with Crippen LogP contribution < -0.4 is 5.32 Å². The van der Waals surface area contributed by atoms with Crippen LogP contribution in [0.3, 0.4) is 0 Å². The number of oxazole rings is 2. The monoisotopic (exact) mass is 400 g/mol. The zero-order valence-electron chi connectivity index (χ0n) is 15.4. The molecule has 30 heavy (non-hydrogen) atoms. The quantitative estimate of drug-likeness (QED) is 0.459. The third-order valence-corrected chi connectivity index (χ3v) is 4.44. The number of halogens is 1. The van der Waals surface area contributed by atoms with Gasteiger partial charge in [0.25, 0.3) is 5.91 Å². The van der Waals surface area contributed by atoms with Gasteiger partial charge in [0.05, 0.1) is 5.56 Å². The molecule has 0 bridgehead atoms. The lowest BCUT2D eigenvalue weighted by molar-refractivity contribution is 0.102. The summed E-state index contributed by atoms with van der Waals surface area (Å²) in [6.07, 6.45) is 4.51. The highest BCUT2D eigenvalue weighted by Gasteiger charge is 2.19. The molecule has 0 spiro atoms. The van der Waals surface area contributed by atoms with Crippen molar-refractivity contribution in [1.29, 1.82) is 0 Å². The van der Waals surface area contributed by atoms with Crippen molar-refractivity contribution in [2.75, 3.05) is 5.32 Å². The second kappa shape index (κ2) is 7.25. The summed E-state index contributed by atoms with van der Waals surface area (Å²) in [6, 6.07) is 14.4. The van der Waals surface area contributed by atoms with Gasteiger partial charge in [0, 0.05) is 23.6 Å². The molecule has 1 N–H and O–H groups in total. The lowest BCUT2D eigenvalue weighted by Gasteiger charge is -2.04. The molecule has 3 aromatic heterocycles. The second-order valence-corrected chi connectivity index (χ2v) is 6.43. The number of nitrogens with one attached hydrogen (secondary N) is 1. The van der Waals surface area contributed by atoms with Gasteiger partial charge in [0.1, 0.15) is 11.3 Å². The number of hydrogen-bond donors (Lipinski definition) is 1. The largest absolute Gasteiger partial charge is 0.443 e. The molecule has 7 nitrogen and oxygen atoms in total. The first-order valence-corrected chi connectivity index (χ1v) is 8.99. The van der Waals surface area contributed by atoms with E-state index in [4.69, 9.17) is 8.83 Å². The van der Waals surface area contributed by atoms with Crippen LogP contribution in [0.25, 0.3) is 33.9 Å². The maximum absolute atomic E-state index is 13.2. The van der Waals surface area contributed by atoms with Crippen LogP contribution in [-0.2, 0) is 0 Å². The smallest absolute Gasteiger partial charge is 0.278 e. The molecule has 0 saturated heterocycles. The Morgan fingerprint density at radius 1 is 1.03 bits per heavy atom. The summed E-state index contributed by atoms with van der Waals surface area (Å²) < 4.78 is 24.3. The standard InChI is InChI=1S/C22H13FN4O3/c23-15-5-3-13(4-6-15)20-19(25-12-29-20)21(28)26-16-7-8-18-17(10-16)27-22(30-18)14-2-1-9-24-11-14/h1-12H,(H,26,28). The fraction of sp³-hybridized carbons (Fsp3) is 0. The minimum Gasteiger partial charge on any atom is -0.443 e. The molecule has 8 heteroatoms. The van der Waals surface area contributed by atoms with Crippen LogP contribution in [0.4, 0.5) is 10.1 Å². The molecular weight excluding hydrogens is 387 g/mol. The van der Waals surface area contributed by atoms with Crippen LogP contribution in [0, 0.1) is 5.82 Å². The van der Waals surface area contributed by atoms with E-state index in [0.717, 1.165) is 5.56 Å². The van der Waals surface area contributed by atoms with E-state index in [9.17, 15) is 9.18 Å².